The van der Waals surface area contributed by atoms with Gasteiger partial charge in [0, 0.05) is 12.8 Å². The van der Waals surface area contributed by atoms with Gasteiger partial charge in [0.2, 0.25) is 0 Å². The van der Waals surface area contributed by atoms with Gasteiger partial charge in [-0.25, -0.2) is 13.7 Å². The summed E-state index contributed by atoms with van der Waals surface area (Å²) in [5, 5.41) is 0. The summed E-state index contributed by atoms with van der Waals surface area (Å²) in [5.41, 5.74) is 0. The van der Waals surface area contributed by atoms with Gasteiger partial charge >= 0.3 is 0 Å². The van der Waals surface area contributed by atoms with Crippen molar-refractivity contribution in [3.8, 4) is 0 Å². The van der Waals surface area contributed by atoms with Crippen molar-refractivity contribution in [3.05, 3.63) is 0 Å². The maximum Gasteiger partial charge on any atom is 0.102 e. The van der Waals surface area contributed by atoms with Gasteiger partial charge in [-0.15, -0.1) is 12.4 Å². The lowest BCUT2D eigenvalue weighted by Crippen LogP contribution is -2.20. The highest BCUT2D eigenvalue weighted by atomic mass is 35.5. The van der Waals surface area contributed by atoms with Gasteiger partial charge in [0.25, 0.3) is 0 Å². The van der Waals surface area contributed by atoms with Gasteiger partial charge in [-0.2, -0.15) is 0 Å². The first-order valence-corrected chi connectivity index (χ1v) is 4.51. The van der Waals surface area contributed by atoms with Crippen LogP contribution in [0.4, 0.5) is 0 Å². The van der Waals surface area contributed by atoms with Gasteiger partial charge in [0.15, 0.2) is 0 Å². The zero-order valence-electron chi connectivity index (χ0n) is 5.64. The smallest absolute Gasteiger partial charge is 0.102 e. The Kier molecular flexibility index (Phi) is 6.66. The van der Waals surface area contributed by atoms with Crippen molar-refractivity contribution in [3.63, 3.8) is 0 Å². The quantitative estimate of drug-likeness (QED) is 0.656. The van der Waals surface area contributed by atoms with Crippen molar-refractivity contribution in [1.29, 1.82) is 4.78 Å². The summed E-state index contributed by atoms with van der Waals surface area (Å²) in [6.07, 6.45) is 2.30. The van der Waals surface area contributed by atoms with E-state index in [4.69, 9.17) is 4.78 Å². The Balaban J connectivity index is 0. The summed E-state index contributed by atoms with van der Waals surface area (Å²) >= 11 is 0. The molecule has 1 unspecified atom stereocenters. The van der Waals surface area contributed by atoms with Gasteiger partial charge in [-0.1, -0.05) is 6.92 Å². The molecule has 0 aliphatic heterocycles. The highest BCUT2D eigenvalue weighted by Crippen LogP contribution is 1.76. The van der Waals surface area contributed by atoms with Crippen molar-refractivity contribution in [2.45, 2.75) is 13.3 Å². The Bertz CT molecular complexity index is 143. The summed E-state index contributed by atoms with van der Waals surface area (Å²) in [7, 11) is -2.44. The summed E-state index contributed by atoms with van der Waals surface area (Å²) in [4.78, 5) is 0. The summed E-state index contributed by atoms with van der Waals surface area (Å²) in [6, 6.07) is 0. The highest BCUT2D eigenvalue weighted by molar-refractivity contribution is 7.89. The first-order valence-electron chi connectivity index (χ1n) is 2.54. The topological polar surface area (TPSA) is 53.0 Å². The average molecular weight is 173 g/mol. The van der Waals surface area contributed by atoms with E-state index in [9.17, 15) is 4.21 Å². The monoisotopic (exact) mass is 172 g/mol. The molecule has 0 saturated heterocycles. The lowest BCUT2D eigenvalue weighted by molar-refractivity contribution is 0.665. The standard InChI is InChI=1S/C4H12N2OS.ClH/c1-3-4-6-8(2,5)7;/h3-4H2,1-2H3,(H2,5,6,7);1H. The van der Waals surface area contributed by atoms with E-state index in [2.05, 4.69) is 4.72 Å². The predicted molar refractivity (Wildman–Crippen MR) is 42.3 cm³/mol. The molecule has 0 fully saturated rings. The van der Waals surface area contributed by atoms with Crippen LogP contribution in [-0.4, -0.2) is 17.0 Å². The Morgan fingerprint density at radius 3 is 2.22 bits per heavy atom. The van der Waals surface area contributed by atoms with Crippen molar-refractivity contribution in [2.24, 2.45) is 0 Å². The van der Waals surface area contributed by atoms with Crippen LogP contribution in [0.3, 0.4) is 0 Å². The van der Waals surface area contributed by atoms with E-state index in [0.29, 0.717) is 6.54 Å². The molecule has 1 atom stereocenters. The molecule has 0 aromatic heterocycles. The molecule has 5 heteroatoms. The average Bonchev–Trinajstić information content (AvgIpc) is 1.59. The lowest BCUT2D eigenvalue weighted by Gasteiger charge is -1.98. The number of nitrogens with one attached hydrogen (secondary N) is 2. The number of rotatable bonds is 3. The van der Waals surface area contributed by atoms with Gasteiger partial charge in [-0.3, -0.25) is 0 Å². The summed E-state index contributed by atoms with van der Waals surface area (Å²) in [6.45, 7) is 2.64. The summed E-state index contributed by atoms with van der Waals surface area (Å²) < 4.78 is 19.9. The third-order valence-corrected chi connectivity index (χ3v) is 1.38. The molecule has 0 radical (unpaired) electrons. The third-order valence-electron chi connectivity index (χ3n) is 0.627. The van der Waals surface area contributed by atoms with Crippen LogP contribution >= 0.6 is 12.4 Å². The van der Waals surface area contributed by atoms with Crippen LogP contribution in [0.1, 0.15) is 13.3 Å². The van der Waals surface area contributed by atoms with Crippen LogP contribution in [-0.2, 0) is 9.92 Å². The number of hydrogen-bond donors (Lipinski definition) is 2. The van der Waals surface area contributed by atoms with E-state index in [1.54, 1.807) is 0 Å². The molecule has 0 aliphatic rings. The minimum atomic E-state index is -2.44. The van der Waals surface area contributed by atoms with Gasteiger partial charge in [0.1, 0.15) is 9.92 Å². The Hall–Kier alpha value is 0.200. The molecule has 0 spiro atoms. The van der Waals surface area contributed by atoms with E-state index >= 15 is 0 Å². The molecule has 0 aromatic carbocycles. The summed E-state index contributed by atoms with van der Waals surface area (Å²) in [5.74, 6) is 0. The zero-order valence-corrected chi connectivity index (χ0v) is 7.27. The molecular weight excluding hydrogens is 160 g/mol. The second-order valence-corrected chi connectivity index (χ2v) is 3.71. The Morgan fingerprint density at radius 2 is 2.11 bits per heavy atom. The number of hydrogen-bond acceptors (Lipinski definition) is 2. The molecule has 0 bridgehead atoms. The van der Waals surface area contributed by atoms with Crippen molar-refractivity contribution in [2.75, 3.05) is 12.8 Å². The molecule has 0 rings (SSSR count). The minimum absolute atomic E-state index is 0. The Morgan fingerprint density at radius 1 is 1.67 bits per heavy atom. The second kappa shape index (κ2) is 5.02. The van der Waals surface area contributed by atoms with E-state index in [0.717, 1.165) is 6.42 Å². The molecule has 0 aliphatic carbocycles. The third kappa shape index (κ3) is 11.7. The van der Waals surface area contributed by atoms with E-state index in [1.165, 1.54) is 6.26 Å². The number of halogens is 1. The van der Waals surface area contributed by atoms with Crippen LogP contribution in [0.15, 0.2) is 0 Å². The molecule has 0 heterocycles. The fraction of sp³-hybridized carbons (Fsp3) is 1.00. The van der Waals surface area contributed by atoms with Gasteiger partial charge in [-0.05, 0) is 6.42 Å². The van der Waals surface area contributed by atoms with E-state index in [-0.39, 0.29) is 12.4 Å². The normalized spacial score (nSPS) is 15.8. The molecular formula is C4H13ClN2OS. The highest BCUT2D eigenvalue weighted by Gasteiger charge is 1.90. The van der Waals surface area contributed by atoms with Gasteiger partial charge in [0.05, 0.1) is 0 Å². The molecule has 0 amide bonds. The zero-order chi connectivity index (χ0) is 6.62. The molecule has 2 N–H and O–H groups in total. The van der Waals surface area contributed by atoms with E-state index < -0.39 is 9.92 Å². The van der Waals surface area contributed by atoms with Crippen molar-refractivity contribution >= 4 is 22.3 Å². The fourth-order valence-corrected chi connectivity index (χ4v) is 0.890. The van der Waals surface area contributed by atoms with Crippen LogP contribution in [0.2, 0.25) is 0 Å². The molecule has 9 heavy (non-hydrogen) atoms. The second-order valence-electron chi connectivity index (χ2n) is 1.74. The van der Waals surface area contributed by atoms with Crippen LogP contribution in [0.5, 0.6) is 0 Å². The maximum atomic E-state index is 10.5. The van der Waals surface area contributed by atoms with Crippen molar-refractivity contribution in [1.82, 2.24) is 4.72 Å². The minimum Gasteiger partial charge on any atom is -0.241 e. The first-order chi connectivity index (χ1) is 3.56. The lowest BCUT2D eigenvalue weighted by atomic mass is 10.5. The van der Waals surface area contributed by atoms with Gasteiger partial charge < -0.3 is 0 Å². The van der Waals surface area contributed by atoms with Crippen LogP contribution < -0.4 is 4.72 Å². The largest absolute Gasteiger partial charge is 0.241 e. The predicted octanol–water partition coefficient (Wildman–Crippen LogP) is 0.999. The SMILES string of the molecule is CCCNS(C)(=N)=O.Cl. The van der Waals surface area contributed by atoms with Crippen molar-refractivity contribution < 1.29 is 4.21 Å². The maximum absolute atomic E-state index is 10.5. The molecule has 0 saturated carbocycles. The van der Waals surface area contributed by atoms with Crippen LogP contribution in [0, 0.1) is 4.78 Å². The Labute approximate surface area is 62.7 Å². The fourth-order valence-electron chi connectivity index (χ4n) is 0.297. The first kappa shape index (κ1) is 11.9. The molecule has 0 aromatic rings. The molecule has 3 nitrogen and oxygen atoms in total. The van der Waals surface area contributed by atoms with Crippen LogP contribution in [0.25, 0.3) is 0 Å². The van der Waals surface area contributed by atoms with E-state index in [1.807, 2.05) is 6.92 Å². The molecule has 58 valence electrons.